The largest absolute Gasteiger partial charge is 0.447 e. The number of rotatable bonds is 1. The van der Waals surface area contributed by atoms with Gasteiger partial charge in [-0.3, -0.25) is 9.59 Å². The minimum absolute atomic E-state index is 0.202. The molecule has 1 amide bonds. The average molecular weight is 205 g/mol. The van der Waals surface area contributed by atoms with Crippen LogP contribution < -0.4 is 4.90 Å². The fourth-order valence-electron chi connectivity index (χ4n) is 1.72. The molecular formula is C11H11NO3. The number of para-hydroxylation sites is 1. The van der Waals surface area contributed by atoms with Crippen LogP contribution in [0.25, 0.3) is 0 Å². The van der Waals surface area contributed by atoms with Crippen molar-refractivity contribution in [2.45, 2.75) is 13.0 Å². The number of ether oxygens (including phenoxy) is 1. The molecule has 78 valence electrons. The van der Waals surface area contributed by atoms with Gasteiger partial charge in [-0.2, -0.15) is 0 Å². The molecule has 0 aliphatic carbocycles. The fourth-order valence-corrected chi connectivity index (χ4v) is 1.72. The van der Waals surface area contributed by atoms with Gasteiger partial charge >= 0.3 is 5.97 Å². The number of hydrogen-bond acceptors (Lipinski definition) is 3. The Morgan fingerprint density at radius 2 is 2.07 bits per heavy atom. The minimum atomic E-state index is -0.774. The first-order valence-electron chi connectivity index (χ1n) is 4.65. The van der Waals surface area contributed by atoms with Gasteiger partial charge in [0, 0.05) is 19.5 Å². The Morgan fingerprint density at radius 1 is 1.40 bits per heavy atom. The molecule has 0 saturated carbocycles. The highest BCUT2D eigenvalue weighted by atomic mass is 16.5. The number of esters is 1. The topological polar surface area (TPSA) is 46.6 Å². The first-order chi connectivity index (χ1) is 7.11. The molecule has 1 atom stereocenters. The van der Waals surface area contributed by atoms with Crippen molar-refractivity contribution in [2.75, 3.05) is 11.9 Å². The van der Waals surface area contributed by atoms with Crippen LogP contribution in [-0.4, -0.2) is 18.9 Å². The Morgan fingerprint density at radius 3 is 2.73 bits per heavy atom. The number of amides is 1. The summed E-state index contributed by atoms with van der Waals surface area (Å²) in [5.41, 5.74) is 1.55. The molecule has 1 aromatic rings. The third-order valence-corrected chi connectivity index (χ3v) is 2.42. The van der Waals surface area contributed by atoms with E-state index in [0.717, 1.165) is 11.3 Å². The summed E-state index contributed by atoms with van der Waals surface area (Å²) in [6.45, 7) is 1.30. The average Bonchev–Trinajstić information content (AvgIpc) is 2.44. The number of likely N-dealkylation sites (N-methyl/N-ethyl adjacent to an activating group) is 1. The van der Waals surface area contributed by atoms with Crippen LogP contribution >= 0.6 is 0 Å². The quantitative estimate of drug-likeness (QED) is 0.648. The van der Waals surface area contributed by atoms with E-state index in [9.17, 15) is 9.59 Å². The molecule has 0 radical (unpaired) electrons. The minimum Gasteiger partial charge on any atom is -0.447 e. The highest BCUT2D eigenvalue weighted by molar-refractivity contribution is 6.04. The van der Waals surface area contributed by atoms with E-state index < -0.39 is 12.1 Å². The van der Waals surface area contributed by atoms with E-state index in [4.69, 9.17) is 4.74 Å². The zero-order chi connectivity index (χ0) is 11.0. The predicted molar refractivity (Wildman–Crippen MR) is 54.4 cm³/mol. The maximum atomic E-state index is 11.7. The molecule has 1 unspecified atom stereocenters. The molecule has 0 aromatic heterocycles. The molecule has 1 aromatic carbocycles. The van der Waals surface area contributed by atoms with Gasteiger partial charge in [0.15, 0.2) is 0 Å². The van der Waals surface area contributed by atoms with Gasteiger partial charge < -0.3 is 9.64 Å². The second kappa shape index (κ2) is 3.38. The Labute approximate surface area is 87.4 Å². The molecular weight excluding hydrogens is 194 g/mol. The number of fused-ring (bicyclic) bond motifs is 1. The van der Waals surface area contributed by atoms with Crippen LogP contribution in [0, 0.1) is 0 Å². The monoisotopic (exact) mass is 205 g/mol. The van der Waals surface area contributed by atoms with Crippen molar-refractivity contribution in [3.63, 3.8) is 0 Å². The predicted octanol–water partition coefficient (Wildman–Crippen LogP) is 1.27. The smallest absolute Gasteiger partial charge is 0.303 e. The lowest BCUT2D eigenvalue weighted by atomic mass is 10.1. The Hall–Kier alpha value is -1.84. The summed E-state index contributed by atoms with van der Waals surface area (Å²) < 4.78 is 4.99. The van der Waals surface area contributed by atoms with E-state index in [0.29, 0.717) is 0 Å². The van der Waals surface area contributed by atoms with Crippen LogP contribution in [0.3, 0.4) is 0 Å². The van der Waals surface area contributed by atoms with Crippen LogP contribution in [-0.2, 0) is 14.3 Å². The van der Waals surface area contributed by atoms with Gasteiger partial charge in [-0.05, 0) is 6.07 Å². The Kier molecular flexibility index (Phi) is 2.19. The van der Waals surface area contributed by atoms with Crippen LogP contribution in [0.2, 0.25) is 0 Å². The zero-order valence-corrected chi connectivity index (χ0v) is 8.56. The second-order valence-corrected chi connectivity index (χ2v) is 3.45. The Bertz CT molecular complexity index is 428. The SMILES string of the molecule is CC(=O)OC1C(=O)N(C)c2ccccc21. The molecule has 4 heteroatoms. The molecule has 0 N–H and O–H groups in total. The second-order valence-electron chi connectivity index (χ2n) is 3.45. The standard InChI is InChI=1S/C11H11NO3/c1-7(13)15-10-8-5-3-4-6-9(8)12(2)11(10)14/h3-6,10H,1-2H3. The van der Waals surface area contributed by atoms with E-state index >= 15 is 0 Å². The van der Waals surface area contributed by atoms with Crippen molar-refractivity contribution in [2.24, 2.45) is 0 Å². The number of carbonyl (C=O) groups is 2. The van der Waals surface area contributed by atoms with Crippen molar-refractivity contribution >= 4 is 17.6 Å². The van der Waals surface area contributed by atoms with Crippen LogP contribution in [0.15, 0.2) is 24.3 Å². The summed E-state index contributed by atoms with van der Waals surface area (Å²) >= 11 is 0. The van der Waals surface area contributed by atoms with Crippen LogP contribution in [0.5, 0.6) is 0 Å². The molecule has 1 aliphatic rings. The number of carbonyl (C=O) groups excluding carboxylic acids is 2. The van der Waals surface area contributed by atoms with Crippen LogP contribution in [0.1, 0.15) is 18.6 Å². The molecule has 0 fully saturated rings. The van der Waals surface area contributed by atoms with E-state index in [1.54, 1.807) is 13.1 Å². The van der Waals surface area contributed by atoms with Gasteiger partial charge in [0.1, 0.15) is 0 Å². The summed E-state index contributed by atoms with van der Waals surface area (Å²) in [6, 6.07) is 7.29. The number of hydrogen-bond donors (Lipinski definition) is 0. The van der Waals surface area contributed by atoms with Gasteiger partial charge in [0.2, 0.25) is 6.10 Å². The normalized spacial score (nSPS) is 18.9. The highest BCUT2D eigenvalue weighted by Gasteiger charge is 2.37. The molecule has 15 heavy (non-hydrogen) atoms. The van der Waals surface area contributed by atoms with Crippen molar-refractivity contribution in [1.29, 1.82) is 0 Å². The lowest BCUT2D eigenvalue weighted by Crippen LogP contribution is -2.26. The van der Waals surface area contributed by atoms with Gasteiger partial charge in [0.25, 0.3) is 5.91 Å². The molecule has 4 nitrogen and oxygen atoms in total. The van der Waals surface area contributed by atoms with Gasteiger partial charge in [-0.1, -0.05) is 18.2 Å². The zero-order valence-electron chi connectivity index (χ0n) is 8.56. The number of anilines is 1. The first kappa shape index (κ1) is 9.71. The third-order valence-electron chi connectivity index (χ3n) is 2.42. The molecule has 0 spiro atoms. The molecule has 2 rings (SSSR count). The summed E-state index contributed by atoms with van der Waals surface area (Å²) in [5, 5.41) is 0. The lowest BCUT2D eigenvalue weighted by molar-refractivity contribution is -0.152. The molecule has 1 aliphatic heterocycles. The lowest BCUT2D eigenvalue weighted by Gasteiger charge is -2.10. The van der Waals surface area contributed by atoms with E-state index in [2.05, 4.69) is 0 Å². The Balaban J connectivity index is 2.42. The van der Waals surface area contributed by atoms with Crippen LogP contribution in [0.4, 0.5) is 5.69 Å². The summed E-state index contributed by atoms with van der Waals surface area (Å²) in [5.74, 6) is -0.648. The van der Waals surface area contributed by atoms with Crippen molar-refractivity contribution in [1.82, 2.24) is 0 Å². The molecule has 0 bridgehead atoms. The number of benzene rings is 1. The maximum Gasteiger partial charge on any atom is 0.303 e. The molecule has 1 heterocycles. The van der Waals surface area contributed by atoms with Crippen molar-refractivity contribution < 1.29 is 14.3 Å². The fraction of sp³-hybridized carbons (Fsp3) is 0.273. The van der Waals surface area contributed by atoms with E-state index in [1.165, 1.54) is 11.8 Å². The number of nitrogens with zero attached hydrogens (tertiary/aromatic N) is 1. The van der Waals surface area contributed by atoms with E-state index in [-0.39, 0.29) is 5.91 Å². The van der Waals surface area contributed by atoms with E-state index in [1.807, 2.05) is 18.2 Å². The summed E-state index contributed by atoms with van der Waals surface area (Å²) in [6.07, 6.45) is -0.774. The third kappa shape index (κ3) is 1.48. The summed E-state index contributed by atoms with van der Waals surface area (Å²) in [4.78, 5) is 24.1. The molecule has 0 saturated heterocycles. The van der Waals surface area contributed by atoms with Crippen molar-refractivity contribution in [3.05, 3.63) is 29.8 Å². The van der Waals surface area contributed by atoms with Gasteiger partial charge in [-0.15, -0.1) is 0 Å². The van der Waals surface area contributed by atoms with Gasteiger partial charge in [0.05, 0.1) is 5.69 Å². The van der Waals surface area contributed by atoms with Gasteiger partial charge in [-0.25, -0.2) is 0 Å². The first-order valence-corrected chi connectivity index (χ1v) is 4.65. The highest BCUT2D eigenvalue weighted by Crippen LogP contribution is 2.36. The van der Waals surface area contributed by atoms with Crippen molar-refractivity contribution in [3.8, 4) is 0 Å². The maximum absolute atomic E-state index is 11.7. The summed E-state index contributed by atoms with van der Waals surface area (Å²) in [7, 11) is 1.67.